The van der Waals surface area contributed by atoms with Crippen LogP contribution in [0.4, 0.5) is 0 Å². The second-order valence-electron chi connectivity index (χ2n) is 5.88. The van der Waals surface area contributed by atoms with E-state index >= 15 is 0 Å². The Kier molecular flexibility index (Phi) is 2.70. The maximum atomic E-state index is 11.9. The van der Waals surface area contributed by atoms with Crippen molar-refractivity contribution in [1.82, 2.24) is 14.6 Å². The van der Waals surface area contributed by atoms with E-state index in [9.17, 15) is 4.79 Å². The Hall–Kier alpha value is -2.36. The number of aromatic amines is 1. The first-order valence-electron chi connectivity index (χ1n) is 7.38. The first-order chi connectivity index (χ1) is 10.2. The number of nitrogens with one attached hydrogen (secondary N) is 1. The number of nitrogens with zero attached hydrogens (tertiary/aromatic N) is 2. The predicted molar refractivity (Wildman–Crippen MR) is 82.9 cm³/mol. The van der Waals surface area contributed by atoms with E-state index in [-0.39, 0.29) is 5.56 Å². The van der Waals surface area contributed by atoms with Gasteiger partial charge in [0.1, 0.15) is 0 Å². The molecular weight excluding hydrogens is 262 g/mol. The zero-order valence-corrected chi connectivity index (χ0v) is 11.9. The average molecular weight is 279 g/mol. The molecule has 4 nitrogen and oxygen atoms in total. The van der Waals surface area contributed by atoms with E-state index in [1.54, 1.807) is 6.20 Å². The molecule has 0 aliphatic heterocycles. The quantitative estimate of drug-likeness (QED) is 0.872. The number of fused-ring (bicyclic) bond motifs is 2. The van der Waals surface area contributed by atoms with Gasteiger partial charge in [0, 0.05) is 23.9 Å². The number of hydrogen-bond donors (Lipinski definition) is 1. The fourth-order valence-corrected chi connectivity index (χ4v) is 3.38. The van der Waals surface area contributed by atoms with E-state index in [1.165, 1.54) is 21.7 Å². The van der Waals surface area contributed by atoms with Crippen molar-refractivity contribution in [2.24, 2.45) is 11.8 Å². The largest absolute Gasteiger partial charge is 0.289 e. The van der Waals surface area contributed by atoms with Gasteiger partial charge < -0.3 is 0 Å². The van der Waals surface area contributed by atoms with Crippen molar-refractivity contribution in [3.63, 3.8) is 0 Å². The van der Waals surface area contributed by atoms with Crippen molar-refractivity contribution in [3.8, 4) is 0 Å². The van der Waals surface area contributed by atoms with Crippen molar-refractivity contribution < 1.29 is 0 Å². The van der Waals surface area contributed by atoms with Gasteiger partial charge in [-0.25, -0.2) is 9.50 Å². The number of allylic oxidation sites excluding steroid dienone is 6. The molecule has 2 atom stereocenters. The van der Waals surface area contributed by atoms with Crippen LogP contribution in [0.25, 0.3) is 11.2 Å². The Morgan fingerprint density at radius 1 is 1.29 bits per heavy atom. The molecule has 4 rings (SSSR count). The maximum absolute atomic E-state index is 11.9. The van der Waals surface area contributed by atoms with Crippen LogP contribution in [0, 0.1) is 11.8 Å². The van der Waals surface area contributed by atoms with Gasteiger partial charge in [-0.1, -0.05) is 31.2 Å². The number of rotatable bonds is 1. The Labute approximate surface area is 122 Å². The average Bonchev–Trinajstić information content (AvgIpc) is 2.93. The third-order valence-corrected chi connectivity index (χ3v) is 4.55. The van der Waals surface area contributed by atoms with Crippen LogP contribution in [0.1, 0.15) is 25.5 Å². The Morgan fingerprint density at radius 2 is 2.14 bits per heavy atom. The molecule has 0 amide bonds. The Morgan fingerprint density at radius 3 is 3.00 bits per heavy atom. The predicted octanol–water partition coefficient (Wildman–Crippen LogP) is 2.95. The number of hydrogen-bond acceptors (Lipinski definition) is 2. The minimum Gasteiger partial charge on any atom is -0.289 e. The van der Waals surface area contributed by atoms with Gasteiger partial charge in [0.05, 0.1) is 5.69 Å². The molecule has 0 spiro atoms. The molecular formula is C17H17N3O. The summed E-state index contributed by atoms with van der Waals surface area (Å²) < 4.78 is 1.50. The van der Waals surface area contributed by atoms with Gasteiger partial charge in [0.25, 0.3) is 5.56 Å². The third-order valence-electron chi connectivity index (χ3n) is 4.55. The van der Waals surface area contributed by atoms with Crippen molar-refractivity contribution in [2.45, 2.75) is 19.8 Å². The molecule has 0 saturated carbocycles. The highest BCUT2D eigenvalue weighted by Gasteiger charge is 2.26. The highest BCUT2D eigenvalue weighted by Crippen LogP contribution is 2.40. The summed E-state index contributed by atoms with van der Waals surface area (Å²) in [5.74, 6) is 1.24. The molecule has 2 aromatic rings. The third kappa shape index (κ3) is 1.90. The zero-order chi connectivity index (χ0) is 14.4. The van der Waals surface area contributed by atoms with E-state index in [4.69, 9.17) is 0 Å². The van der Waals surface area contributed by atoms with Crippen LogP contribution in [-0.4, -0.2) is 14.6 Å². The summed E-state index contributed by atoms with van der Waals surface area (Å²) in [5.41, 5.74) is 4.09. The highest BCUT2D eigenvalue weighted by atomic mass is 16.1. The van der Waals surface area contributed by atoms with Crippen molar-refractivity contribution >= 4 is 11.2 Å². The highest BCUT2D eigenvalue weighted by molar-refractivity contribution is 5.79. The van der Waals surface area contributed by atoms with Crippen LogP contribution in [0.2, 0.25) is 0 Å². The van der Waals surface area contributed by atoms with E-state index in [1.807, 2.05) is 6.07 Å². The van der Waals surface area contributed by atoms with Crippen molar-refractivity contribution in [3.05, 3.63) is 64.3 Å². The molecule has 21 heavy (non-hydrogen) atoms. The molecule has 0 radical (unpaired) electrons. The molecule has 1 N–H and O–H groups in total. The molecule has 2 aromatic heterocycles. The molecule has 0 bridgehead atoms. The first-order valence-corrected chi connectivity index (χ1v) is 7.38. The van der Waals surface area contributed by atoms with Gasteiger partial charge in [-0.2, -0.15) is 0 Å². The van der Waals surface area contributed by atoms with E-state index in [0.717, 1.165) is 18.5 Å². The summed E-state index contributed by atoms with van der Waals surface area (Å²) in [6.45, 7) is 2.31. The molecule has 2 heterocycles. The van der Waals surface area contributed by atoms with Crippen LogP contribution in [-0.2, 0) is 0 Å². The van der Waals surface area contributed by atoms with E-state index in [0.29, 0.717) is 17.5 Å². The standard InChI is InChI=1S/C17H17N3O/c1-11-4-2-6-13-12(11)5-3-7-14(13)15-10-16-18-9-8-17(21)20(16)19-15/h2-3,6-12,19H,4-5H2,1H3. The summed E-state index contributed by atoms with van der Waals surface area (Å²) in [7, 11) is 0. The van der Waals surface area contributed by atoms with Gasteiger partial charge in [-0.05, 0) is 30.3 Å². The molecule has 2 unspecified atom stereocenters. The minimum absolute atomic E-state index is 0.0826. The normalized spacial score (nSPS) is 24.6. The summed E-state index contributed by atoms with van der Waals surface area (Å²) in [6.07, 6.45) is 12.7. The fraction of sp³-hybridized carbons (Fsp3) is 0.294. The van der Waals surface area contributed by atoms with E-state index in [2.05, 4.69) is 41.3 Å². The molecule has 2 aliphatic rings. The van der Waals surface area contributed by atoms with Gasteiger partial charge in [-0.3, -0.25) is 9.89 Å². The SMILES string of the molecule is CC1CC=CC2=C(c3cc4nccc(=O)n4[nH]3)C=CCC21. The fourth-order valence-electron chi connectivity index (χ4n) is 3.38. The topological polar surface area (TPSA) is 50.2 Å². The first kappa shape index (κ1) is 12.4. The number of aromatic nitrogens is 3. The number of H-pyrrole nitrogens is 1. The van der Waals surface area contributed by atoms with E-state index < -0.39 is 0 Å². The molecule has 0 fully saturated rings. The molecule has 0 aromatic carbocycles. The molecule has 4 heteroatoms. The Balaban J connectivity index is 1.92. The maximum Gasteiger partial charge on any atom is 0.272 e. The second kappa shape index (κ2) is 4.58. The zero-order valence-electron chi connectivity index (χ0n) is 11.9. The molecule has 0 saturated heterocycles. The second-order valence-corrected chi connectivity index (χ2v) is 5.88. The van der Waals surface area contributed by atoms with Gasteiger partial charge >= 0.3 is 0 Å². The molecule has 106 valence electrons. The van der Waals surface area contributed by atoms with Crippen LogP contribution >= 0.6 is 0 Å². The van der Waals surface area contributed by atoms with Gasteiger partial charge in [0.15, 0.2) is 5.65 Å². The monoisotopic (exact) mass is 279 g/mol. The lowest BCUT2D eigenvalue weighted by Gasteiger charge is -2.31. The van der Waals surface area contributed by atoms with Crippen LogP contribution in [0.3, 0.4) is 0 Å². The lowest BCUT2D eigenvalue weighted by atomic mass is 9.74. The summed E-state index contributed by atoms with van der Waals surface area (Å²) in [6, 6.07) is 3.41. The lowest BCUT2D eigenvalue weighted by Crippen LogP contribution is -2.19. The van der Waals surface area contributed by atoms with Crippen LogP contribution in [0.15, 0.2) is 53.0 Å². The van der Waals surface area contributed by atoms with Crippen LogP contribution < -0.4 is 5.56 Å². The van der Waals surface area contributed by atoms with Crippen LogP contribution in [0.5, 0.6) is 0 Å². The Bertz CT molecular complexity index is 850. The summed E-state index contributed by atoms with van der Waals surface area (Å²) in [4.78, 5) is 16.1. The smallest absolute Gasteiger partial charge is 0.272 e. The minimum atomic E-state index is -0.0826. The van der Waals surface area contributed by atoms with Gasteiger partial charge in [-0.15, -0.1) is 0 Å². The van der Waals surface area contributed by atoms with Crippen molar-refractivity contribution in [2.75, 3.05) is 0 Å². The van der Waals surface area contributed by atoms with Gasteiger partial charge in [0.2, 0.25) is 0 Å². The summed E-state index contributed by atoms with van der Waals surface area (Å²) >= 11 is 0. The summed E-state index contributed by atoms with van der Waals surface area (Å²) in [5, 5.41) is 3.18. The lowest BCUT2D eigenvalue weighted by molar-refractivity contribution is 0.410. The molecule has 2 aliphatic carbocycles. The van der Waals surface area contributed by atoms with Crippen molar-refractivity contribution in [1.29, 1.82) is 0 Å².